The van der Waals surface area contributed by atoms with Gasteiger partial charge in [-0.2, -0.15) is 0 Å². The third-order valence-corrected chi connectivity index (χ3v) is 1.79. The van der Waals surface area contributed by atoms with Crippen LogP contribution in [0.3, 0.4) is 0 Å². The molecule has 1 aromatic carbocycles. The summed E-state index contributed by atoms with van der Waals surface area (Å²) >= 11 is 0. The monoisotopic (exact) mass is 190 g/mol. The fourth-order valence-electron chi connectivity index (χ4n) is 1.14. The Morgan fingerprint density at radius 2 is 2.14 bits per heavy atom. The Balaban J connectivity index is 3.21. The molecule has 0 aliphatic rings. The summed E-state index contributed by atoms with van der Waals surface area (Å²) in [5.74, 6) is -0.987. The fraction of sp³-hybridized carbons (Fsp3) is 0.0909. The van der Waals surface area contributed by atoms with Crippen LogP contribution in [0.1, 0.15) is 21.5 Å². The number of benzene rings is 1. The van der Waals surface area contributed by atoms with Gasteiger partial charge in [0.2, 0.25) is 0 Å². The number of carbonyl (C=O) groups is 2. The number of rotatable bonds is 3. The normalized spacial score (nSPS) is 10.4. The van der Waals surface area contributed by atoms with Crippen LogP contribution in [0.15, 0.2) is 24.3 Å². The molecule has 0 heterocycles. The van der Waals surface area contributed by atoms with E-state index in [9.17, 15) is 9.59 Å². The lowest BCUT2D eigenvalue weighted by molar-refractivity contribution is -0.104. The summed E-state index contributed by atoms with van der Waals surface area (Å²) in [5.41, 5.74) is 1.63. The number of aldehydes is 1. The van der Waals surface area contributed by atoms with Crippen LogP contribution in [0.5, 0.6) is 0 Å². The summed E-state index contributed by atoms with van der Waals surface area (Å²) < 4.78 is 0. The molecule has 0 saturated heterocycles. The van der Waals surface area contributed by atoms with Crippen LogP contribution in [-0.2, 0) is 4.79 Å². The Hall–Kier alpha value is -1.90. The molecule has 0 amide bonds. The molecular formula is C11H10O3. The Kier molecular flexibility index (Phi) is 3.18. The van der Waals surface area contributed by atoms with Crippen LogP contribution in [-0.4, -0.2) is 17.4 Å². The Morgan fingerprint density at radius 1 is 1.43 bits per heavy atom. The average Bonchev–Trinajstić information content (AvgIpc) is 2.15. The minimum atomic E-state index is -0.987. The Labute approximate surface area is 81.7 Å². The number of carboxylic acids is 1. The molecular weight excluding hydrogens is 180 g/mol. The topological polar surface area (TPSA) is 54.4 Å². The highest BCUT2D eigenvalue weighted by molar-refractivity contribution is 5.93. The summed E-state index contributed by atoms with van der Waals surface area (Å²) in [6.07, 6.45) is 3.37. The molecule has 72 valence electrons. The summed E-state index contributed by atoms with van der Waals surface area (Å²) in [7, 11) is 0. The van der Waals surface area contributed by atoms with Crippen molar-refractivity contribution < 1.29 is 14.7 Å². The van der Waals surface area contributed by atoms with Crippen molar-refractivity contribution >= 4 is 18.3 Å². The molecule has 0 atom stereocenters. The van der Waals surface area contributed by atoms with Gasteiger partial charge in [-0.05, 0) is 24.6 Å². The van der Waals surface area contributed by atoms with E-state index in [2.05, 4.69) is 0 Å². The van der Waals surface area contributed by atoms with E-state index in [1.54, 1.807) is 18.2 Å². The minimum absolute atomic E-state index is 0.211. The van der Waals surface area contributed by atoms with Crippen molar-refractivity contribution in [1.82, 2.24) is 0 Å². The number of carbonyl (C=O) groups excluding carboxylic acids is 1. The van der Waals surface area contributed by atoms with E-state index >= 15 is 0 Å². The van der Waals surface area contributed by atoms with Crippen molar-refractivity contribution in [2.24, 2.45) is 0 Å². The smallest absolute Gasteiger partial charge is 0.336 e. The van der Waals surface area contributed by atoms with Crippen molar-refractivity contribution in [3.8, 4) is 0 Å². The predicted molar refractivity (Wildman–Crippen MR) is 53.2 cm³/mol. The third-order valence-electron chi connectivity index (χ3n) is 1.79. The largest absolute Gasteiger partial charge is 0.478 e. The first-order valence-corrected chi connectivity index (χ1v) is 4.11. The first-order chi connectivity index (χ1) is 6.65. The fourth-order valence-corrected chi connectivity index (χ4v) is 1.14. The SMILES string of the molecule is Cc1ccc(C=CC=O)c(C(=O)O)c1. The van der Waals surface area contributed by atoms with Gasteiger partial charge in [-0.3, -0.25) is 4.79 Å². The number of aromatic carboxylic acids is 1. The van der Waals surface area contributed by atoms with Gasteiger partial charge in [0.25, 0.3) is 0 Å². The molecule has 0 spiro atoms. The molecule has 3 nitrogen and oxygen atoms in total. The molecule has 0 aromatic heterocycles. The first-order valence-electron chi connectivity index (χ1n) is 4.11. The molecule has 0 bridgehead atoms. The maximum atomic E-state index is 10.8. The molecule has 0 radical (unpaired) electrons. The van der Waals surface area contributed by atoms with Gasteiger partial charge in [0.05, 0.1) is 5.56 Å². The van der Waals surface area contributed by atoms with Gasteiger partial charge < -0.3 is 5.11 Å². The molecule has 3 heteroatoms. The van der Waals surface area contributed by atoms with Crippen LogP contribution >= 0.6 is 0 Å². The molecule has 14 heavy (non-hydrogen) atoms. The van der Waals surface area contributed by atoms with Gasteiger partial charge in [0, 0.05) is 0 Å². The van der Waals surface area contributed by atoms with Crippen molar-refractivity contribution in [2.45, 2.75) is 6.92 Å². The molecule has 0 saturated carbocycles. The van der Waals surface area contributed by atoms with Gasteiger partial charge >= 0.3 is 5.97 Å². The van der Waals surface area contributed by atoms with Crippen LogP contribution in [0, 0.1) is 6.92 Å². The van der Waals surface area contributed by atoms with Gasteiger partial charge in [0.15, 0.2) is 0 Å². The maximum absolute atomic E-state index is 10.8. The highest BCUT2D eigenvalue weighted by Gasteiger charge is 2.07. The van der Waals surface area contributed by atoms with E-state index in [1.807, 2.05) is 6.92 Å². The lowest BCUT2D eigenvalue weighted by Gasteiger charge is -2.01. The van der Waals surface area contributed by atoms with Crippen molar-refractivity contribution in [3.05, 3.63) is 41.0 Å². The number of aryl methyl sites for hydroxylation is 1. The zero-order chi connectivity index (χ0) is 10.6. The molecule has 1 N–H and O–H groups in total. The summed E-state index contributed by atoms with van der Waals surface area (Å²) in [6, 6.07) is 5.06. The van der Waals surface area contributed by atoms with E-state index < -0.39 is 5.97 Å². The van der Waals surface area contributed by atoms with E-state index in [0.29, 0.717) is 11.8 Å². The Bertz CT molecular complexity index is 392. The van der Waals surface area contributed by atoms with Crippen LogP contribution in [0.25, 0.3) is 6.08 Å². The van der Waals surface area contributed by atoms with E-state index in [1.165, 1.54) is 12.2 Å². The standard InChI is InChI=1S/C11H10O3/c1-8-4-5-9(3-2-6-12)10(7-8)11(13)14/h2-7H,1H3,(H,13,14). The number of hydrogen-bond donors (Lipinski definition) is 1. The zero-order valence-electron chi connectivity index (χ0n) is 7.73. The zero-order valence-corrected chi connectivity index (χ0v) is 7.73. The van der Waals surface area contributed by atoms with E-state index in [4.69, 9.17) is 5.11 Å². The summed E-state index contributed by atoms with van der Waals surface area (Å²) in [4.78, 5) is 20.9. The minimum Gasteiger partial charge on any atom is -0.478 e. The van der Waals surface area contributed by atoms with E-state index in [-0.39, 0.29) is 5.56 Å². The average molecular weight is 190 g/mol. The van der Waals surface area contributed by atoms with Crippen molar-refractivity contribution in [3.63, 3.8) is 0 Å². The quantitative estimate of drug-likeness (QED) is 0.585. The van der Waals surface area contributed by atoms with Crippen LogP contribution in [0.4, 0.5) is 0 Å². The maximum Gasteiger partial charge on any atom is 0.336 e. The lowest BCUT2D eigenvalue weighted by Crippen LogP contribution is -1.99. The first kappa shape index (κ1) is 10.2. The number of allylic oxidation sites excluding steroid dienone is 1. The summed E-state index contributed by atoms with van der Waals surface area (Å²) in [5, 5.41) is 8.87. The molecule has 0 fully saturated rings. The van der Waals surface area contributed by atoms with Crippen LogP contribution in [0.2, 0.25) is 0 Å². The van der Waals surface area contributed by atoms with Gasteiger partial charge in [-0.15, -0.1) is 0 Å². The van der Waals surface area contributed by atoms with Gasteiger partial charge in [0.1, 0.15) is 6.29 Å². The van der Waals surface area contributed by atoms with E-state index in [0.717, 1.165) is 5.56 Å². The molecule has 0 aliphatic heterocycles. The molecule has 1 rings (SSSR count). The van der Waals surface area contributed by atoms with Crippen molar-refractivity contribution in [1.29, 1.82) is 0 Å². The highest BCUT2D eigenvalue weighted by atomic mass is 16.4. The van der Waals surface area contributed by atoms with Crippen LogP contribution < -0.4 is 0 Å². The van der Waals surface area contributed by atoms with Gasteiger partial charge in [-0.1, -0.05) is 23.8 Å². The lowest BCUT2D eigenvalue weighted by atomic mass is 10.0. The Morgan fingerprint density at radius 3 is 2.71 bits per heavy atom. The molecule has 0 aliphatic carbocycles. The second-order valence-corrected chi connectivity index (χ2v) is 2.89. The number of hydrogen-bond acceptors (Lipinski definition) is 2. The second-order valence-electron chi connectivity index (χ2n) is 2.89. The third kappa shape index (κ3) is 2.29. The second kappa shape index (κ2) is 4.37. The summed E-state index contributed by atoms with van der Waals surface area (Å²) in [6.45, 7) is 1.82. The highest BCUT2D eigenvalue weighted by Crippen LogP contribution is 2.13. The van der Waals surface area contributed by atoms with Crippen molar-refractivity contribution in [2.75, 3.05) is 0 Å². The number of carboxylic acid groups (broad SMARTS) is 1. The predicted octanol–water partition coefficient (Wildman–Crippen LogP) is 1.91. The van der Waals surface area contributed by atoms with Gasteiger partial charge in [-0.25, -0.2) is 4.79 Å². The molecule has 0 unspecified atom stereocenters. The molecule has 1 aromatic rings.